The van der Waals surface area contributed by atoms with Crippen LogP contribution in [0.3, 0.4) is 0 Å². The minimum atomic E-state index is -1.40. The summed E-state index contributed by atoms with van der Waals surface area (Å²) in [5.41, 5.74) is -0.929. The molecule has 7 heteroatoms. The Morgan fingerprint density at radius 3 is 2.67 bits per heavy atom. The zero-order valence-corrected chi connectivity index (χ0v) is 8.30. The Hall–Kier alpha value is -1.69. The fraction of sp³-hybridized carbons (Fsp3) is 0.125. The maximum atomic E-state index is 13.3. The predicted octanol–water partition coefficient (Wildman–Crippen LogP) is 1.53. The Morgan fingerprint density at radius 1 is 1.60 bits per heavy atom. The van der Waals surface area contributed by atoms with Gasteiger partial charge < -0.3 is 10.4 Å². The number of carbonyl (C=O) groups is 2. The molecule has 0 unspecified atom stereocenters. The van der Waals surface area contributed by atoms with E-state index in [4.69, 9.17) is 16.7 Å². The van der Waals surface area contributed by atoms with E-state index in [1.807, 2.05) is 5.32 Å². The summed E-state index contributed by atoms with van der Waals surface area (Å²) in [6.07, 6.45) is 0.874. The van der Waals surface area contributed by atoms with Crippen molar-refractivity contribution in [3.05, 3.63) is 22.7 Å². The van der Waals surface area contributed by atoms with Crippen molar-refractivity contribution >= 4 is 29.2 Å². The number of pyridine rings is 1. The Labute approximate surface area is 88.9 Å². The van der Waals surface area contributed by atoms with Gasteiger partial charge in [-0.15, -0.1) is 0 Å². The van der Waals surface area contributed by atoms with E-state index in [1.54, 1.807) is 0 Å². The van der Waals surface area contributed by atoms with Gasteiger partial charge >= 0.3 is 5.97 Å². The molecule has 1 heterocycles. The standard InChI is InChI=1S/C8H6ClFN2O3/c1-3(13)12-6-4(8(14)15)2-11-7(9)5(6)10/h2H,1H3,(H,14,15)(H,11,12,13). The van der Waals surface area contributed by atoms with E-state index in [1.165, 1.54) is 0 Å². The number of anilines is 1. The van der Waals surface area contributed by atoms with Gasteiger partial charge in [-0.3, -0.25) is 4.79 Å². The number of nitrogens with zero attached hydrogens (tertiary/aromatic N) is 1. The zero-order valence-electron chi connectivity index (χ0n) is 7.54. The third kappa shape index (κ3) is 2.41. The number of hydrogen-bond acceptors (Lipinski definition) is 3. The maximum absolute atomic E-state index is 13.3. The summed E-state index contributed by atoms with van der Waals surface area (Å²) in [7, 11) is 0. The highest BCUT2D eigenvalue weighted by atomic mass is 35.5. The Morgan fingerprint density at radius 2 is 2.20 bits per heavy atom. The first-order valence-corrected chi connectivity index (χ1v) is 4.16. The first-order valence-electron chi connectivity index (χ1n) is 3.78. The second kappa shape index (κ2) is 4.22. The van der Waals surface area contributed by atoms with Gasteiger partial charge in [0.05, 0.1) is 5.69 Å². The van der Waals surface area contributed by atoms with Gasteiger partial charge in [0.1, 0.15) is 5.56 Å². The fourth-order valence-electron chi connectivity index (χ4n) is 0.924. The van der Waals surface area contributed by atoms with E-state index in [-0.39, 0.29) is 0 Å². The molecule has 1 aromatic rings. The summed E-state index contributed by atoms with van der Waals surface area (Å²) in [4.78, 5) is 24.7. The van der Waals surface area contributed by atoms with E-state index in [0.717, 1.165) is 13.1 Å². The molecule has 0 saturated carbocycles. The van der Waals surface area contributed by atoms with E-state index >= 15 is 0 Å². The largest absolute Gasteiger partial charge is 0.478 e. The van der Waals surface area contributed by atoms with Gasteiger partial charge in [-0.2, -0.15) is 0 Å². The molecule has 15 heavy (non-hydrogen) atoms. The van der Waals surface area contributed by atoms with Gasteiger partial charge in [0.15, 0.2) is 11.0 Å². The number of hydrogen-bond donors (Lipinski definition) is 2. The lowest BCUT2D eigenvalue weighted by molar-refractivity contribution is -0.114. The summed E-state index contributed by atoms with van der Waals surface area (Å²) in [5, 5.41) is 10.2. The molecule has 0 aromatic carbocycles. The van der Waals surface area contributed by atoms with E-state index < -0.39 is 34.1 Å². The third-order valence-corrected chi connectivity index (χ3v) is 1.77. The maximum Gasteiger partial charge on any atom is 0.339 e. The molecule has 0 bridgehead atoms. The average molecular weight is 233 g/mol. The topological polar surface area (TPSA) is 79.3 Å². The lowest BCUT2D eigenvalue weighted by Crippen LogP contribution is -2.13. The molecule has 0 fully saturated rings. The van der Waals surface area contributed by atoms with Crippen molar-refractivity contribution in [1.82, 2.24) is 4.98 Å². The number of aromatic carboxylic acids is 1. The summed E-state index contributed by atoms with van der Waals surface area (Å²) < 4.78 is 13.3. The summed E-state index contributed by atoms with van der Waals surface area (Å²) in [5.74, 6) is -3.06. The molecule has 0 atom stereocenters. The molecule has 0 saturated heterocycles. The van der Waals surface area contributed by atoms with Crippen LogP contribution < -0.4 is 5.32 Å². The predicted molar refractivity (Wildman–Crippen MR) is 50.5 cm³/mol. The first-order chi connectivity index (χ1) is 6.93. The molecule has 1 aromatic heterocycles. The lowest BCUT2D eigenvalue weighted by Gasteiger charge is -2.07. The van der Waals surface area contributed by atoms with Crippen molar-refractivity contribution in [2.24, 2.45) is 0 Å². The van der Waals surface area contributed by atoms with E-state index in [2.05, 4.69) is 4.98 Å². The van der Waals surface area contributed by atoms with Crippen molar-refractivity contribution in [2.45, 2.75) is 6.92 Å². The highest BCUT2D eigenvalue weighted by Crippen LogP contribution is 2.24. The second-order valence-electron chi connectivity index (χ2n) is 2.64. The molecule has 5 nitrogen and oxygen atoms in total. The Bertz CT molecular complexity index is 436. The van der Waals surface area contributed by atoms with Gasteiger partial charge in [-0.1, -0.05) is 11.6 Å². The van der Waals surface area contributed by atoms with Gasteiger partial charge in [-0.05, 0) is 0 Å². The highest BCUT2D eigenvalue weighted by molar-refractivity contribution is 6.30. The zero-order chi connectivity index (χ0) is 11.6. The number of carboxylic acids is 1. The van der Waals surface area contributed by atoms with Gasteiger partial charge in [-0.25, -0.2) is 14.2 Å². The number of aromatic nitrogens is 1. The van der Waals surface area contributed by atoms with Gasteiger partial charge in [0.25, 0.3) is 0 Å². The van der Waals surface area contributed by atoms with Crippen LogP contribution in [0, 0.1) is 5.82 Å². The number of carboxylic acid groups (broad SMARTS) is 1. The summed E-state index contributed by atoms with van der Waals surface area (Å²) in [6, 6.07) is 0. The third-order valence-electron chi connectivity index (χ3n) is 1.51. The summed E-state index contributed by atoms with van der Waals surface area (Å²) >= 11 is 5.34. The van der Waals surface area contributed by atoms with Crippen LogP contribution >= 0.6 is 11.6 Å². The van der Waals surface area contributed by atoms with E-state index in [9.17, 15) is 14.0 Å². The molecule has 1 amide bonds. The van der Waals surface area contributed by atoms with Gasteiger partial charge in [0.2, 0.25) is 5.91 Å². The van der Waals surface area contributed by atoms with Crippen molar-refractivity contribution in [2.75, 3.05) is 5.32 Å². The van der Waals surface area contributed by atoms with Crippen LogP contribution in [0.1, 0.15) is 17.3 Å². The van der Waals surface area contributed by atoms with Crippen molar-refractivity contribution in [3.8, 4) is 0 Å². The Balaban J connectivity index is 3.34. The van der Waals surface area contributed by atoms with Crippen molar-refractivity contribution in [3.63, 3.8) is 0 Å². The second-order valence-corrected chi connectivity index (χ2v) is 3.00. The molecular weight excluding hydrogens is 227 g/mol. The first kappa shape index (κ1) is 11.4. The monoisotopic (exact) mass is 232 g/mol. The van der Waals surface area contributed by atoms with Crippen LogP contribution in [0.5, 0.6) is 0 Å². The molecule has 1 rings (SSSR count). The molecule has 0 aliphatic heterocycles. The normalized spacial score (nSPS) is 9.80. The fourth-order valence-corrected chi connectivity index (χ4v) is 1.07. The van der Waals surface area contributed by atoms with Gasteiger partial charge in [0, 0.05) is 13.1 Å². The minimum Gasteiger partial charge on any atom is -0.478 e. The smallest absolute Gasteiger partial charge is 0.339 e. The molecule has 0 aliphatic carbocycles. The molecule has 0 radical (unpaired) electrons. The Kier molecular flexibility index (Phi) is 3.21. The van der Waals surface area contributed by atoms with Crippen molar-refractivity contribution in [1.29, 1.82) is 0 Å². The SMILES string of the molecule is CC(=O)Nc1c(C(=O)O)cnc(Cl)c1F. The van der Waals surface area contributed by atoms with E-state index in [0.29, 0.717) is 0 Å². The number of nitrogens with one attached hydrogen (secondary N) is 1. The lowest BCUT2D eigenvalue weighted by atomic mass is 10.2. The van der Waals surface area contributed by atoms with Crippen LogP contribution in [0.15, 0.2) is 6.20 Å². The molecule has 0 spiro atoms. The molecule has 2 N–H and O–H groups in total. The number of halogens is 2. The highest BCUT2D eigenvalue weighted by Gasteiger charge is 2.19. The number of rotatable bonds is 2. The number of carbonyl (C=O) groups excluding carboxylic acids is 1. The average Bonchev–Trinajstić information content (AvgIpc) is 2.12. The molecule has 80 valence electrons. The van der Waals surface area contributed by atoms with Crippen LogP contribution in [0.2, 0.25) is 5.15 Å². The van der Waals surface area contributed by atoms with Crippen LogP contribution in [-0.2, 0) is 4.79 Å². The molecule has 0 aliphatic rings. The molecular formula is C8H6ClFN2O3. The van der Waals surface area contributed by atoms with Crippen LogP contribution in [0.4, 0.5) is 10.1 Å². The van der Waals surface area contributed by atoms with Crippen LogP contribution in [-0.4, -0.2) is 22.0 Å². The minimum absolute atomic E-state index is 0.452. The quantitative estimate of drug-likeness (QED) is 0.758. The van der Waals surface area contributed by atoms with Crippen molar-refractivity contribution < 1.29 is 19.1 Å². The number of amides is 1. The summed E-state index contributed by atoms with van der Waals surface area (Å²) in [6.45, 7) is 1.12. The van der Waals surface area contributed by atoms with Crippen LogP contribution in [0.25, 0.3) is 0 Å².